The van der Waals surface area contributed by atoms with Crippen molar-refractivity contribution in [3.8, 4) is 0 Å². The smallest absolute Gasteiger partial charge is 0.238 e. The van der Waals surface area contributed by atoms with Gasteiger partial charge in [-0.05, 0) is 42.0 Å². The van der Waals surface area contributed by atoms with Gasteiger partial charge in [0.15, 0.2) is 0 Å². The molecule has 0 bridgehead atoms. The van der Waals surface area contributed by atoms with E-state index in [1.807, 2.05) is 0 Å². The lowest BCUT2D eigenvalue weighted by atomic mass is 10.1. The van der Waals surface area contributed by atoms with Crippen molar-refractivity contribution in [2.75, 3.05) is 31.6 Å². The van der Waals surface area contributed by atoms with E-state index in [9.17, 15) is 17.6 Å². The molecule has 2 aromatic carbocycles. The Kier molecular flexibility index (Phi) is 6.40. The first-order valence-electron chi connectivity index (χ1n) is 8.83. The molecular weight excluding hydrogens is 385 g/mol. The first-order chi connectivity index (χ1) is 13.3. The Labute approximate surface area is 163 Å². The Morgan fingerprint density at radius 3 is 2.50 bits per heavy atom. The molecule has 7 nitrogen and oxygen atoms in total. The van der Waals surface area contributed by atoms with E-state index in [4.69, 9.17) is 9.88 Å². The average molecular weight is 407 g/mol. The van der Waals surface area contributed by atoms with Gasteiger partial charge < -0.3 is 10.1 Å². The number of halogens is 1. The summed E-state index contributed by atoms with van der Waals surface area (Å²) < 4.78 is 41.3. The molecule has 0 aliphatic carbocycles. The van der Waals surface area contributed by atoms with Crippen LogP contribution in [0.15, 0.2) is 53.4 Å². The zero-order chi connectivity index (χ0) is 20.1. The Morgan fingerprint density at radius 1 is 1.18 bits per heavy atom. The molecule has 9 heteroatoms. The van der Waals surface area contributed by atoms with Gasteiger partial charge in [0.25, 0.3) is 0 Å². The molecule has 1 aliphatic rings. The van der Waals surface area contributed by atoms with Crippen LogP contribution in [0.4, 0.5) is 10.1 Å². The molecule has 150 valence electrons. The maximum absolute atomic E-state index is 13.1. The van der Waals surface area contributed by atoms with Crippen molar-refractivity contribution in [2.24, 2.45) is 5.14 Å². The van der Waals surface area contributed by atoms with Gasteiger partial charge in [0.2, 0.25) is 15.9 Å². The van der Waals surface area contributed by atoms with Gasteiger partial charge in [-0.1, -0.05) is 12.1 Å². The van der Waals surface area contributed by atoms with Crippen LogP contribution in [0.1, 0.15) is 18.1 Å². The van der Waals surface area contributed by atoms with Gasteiger partial charge in [-0.3, -0.25) is 9.69 Å². The lowest BCUT2D eigenvalue weighted by Crippen LogP contribution is -2.39. The van der Waals surface area contributed by atoms with Crippen LogP contribution >= 0.6 is 0 Å². The summed E-state index contributed by atoms with van der Waals surface area (Å²) in [5.74, 6) is -0.460. The van der Waals surface area contributed by atoms with Crippen molar-refractivity contribution >= 4 is 21.6 Å². The molecule has 3 N–H and O–H groups in total. The number of benzene rings is 2. The first kappa shape index (κ1) is 20.4. The highest BCUT2D eigenvalue weighted by Crippen LogP contribution is 2.22. The summed E-state index contributed by atoms with van der Waals surface area (Å²) in [4.78, 5) is 14.3. The van der Waals surface area contributed by atoms with E-state index in [0.717, 1.165) is 5.56 Å². The molecule has 1 amide bonds. The van der Waals surface area contributed by atoms with Crippen molar-refractivity contribution in [2.45, 2.75) is 17.4 Å². The summed E-state index contributed by atoms with van der Waals surface area (Å²) in [6.07, 6.45) is 0.135. The second kappa shape index (κ2) is 8.78. The number of nitrogens with one attached hydrogen (secondary N) is 1. The molecular formula is C19H22FN3O4S. The number of nitrogens with zero attached hydrogens (tertiary/aromatic N) is 1. The molecule has 1 atom stereocenters. The molecule has 1 unspecified atom stereocenters. The number of ether oxygens (including phenoxy) is 1. The van der Waals surface area contributed by atoms with Crippen LogP contribution < -0.4 is 10.5 Å². The van der Waals surface area contributed by atoms with Gasteiger partial charge in [-0.2, -0.15) is 0 Å². The van der Waals surface area contributed by atoms with Crippen molar-refractivity contribution in [3.63, 3.8) is 0 Å². The maximum Gasteiger partial charge on any atom is 0.238 e. The van der Waals surface area contributed by atoms with E-state index in [-0.39, 0.29) is 29.1 Å². The zero-order valence-electron chi connectivity index (χ0n) is 15.2. The molecule has 0 spiro atoms. The van der Waals surface area contributed by atoms with Crippen molar-refractivity contribution in [3.05, 3.63) is 59.9 Å². The normalized spacial score (nSPS) is 18.0. The van der Waals surface area contributed by atoms with E-state index < -0.39 is 10.0 Å². The SMILES string of the molecule is NS(=O)(=O)c1ccc(NC(=O)CCN2CCOC(c3ccc(F)cc3)C2)cc1. The molecule has 28 heavy (non-hydrogen) atoms. The number of morpholine rings is 1. The minimum Gasteiger partial charge on any atom is -0.371 e. The Bertz CT molecular complexity index is 917. The second-order valence-electron chi connectivity index (χ2n) is 6.58. The highest BCUT2D eigenvalue weighted by Gasteiger charge is 2.22. The summed E-state index contributed by atoms with van der Waals surface area (Å²) in [5, 5.41) is 7.78. The summed E-state index contributed by atoms with van der Waals surface area (Å²) in [6.45, 7) is 2.44. The van der Waals surface area contributed by atoms with Crippen molar-refractivity contribution in [1.82, 2.24) is 4.90 Å². The third-order valence-corrected chi connectivity index (χ3v) is 5.44. The minimum atomic E-state index is -3.76. The summed E-state index contributed by atoms with van der Waals surface area (Å²) >= 11 is 0. The lowest BCUT2D eigenvalue weighted by Gasteiger charge is -2.33. The molecule has 1 heterocycles. The second-order valence-corrected chi connectivity index (χ2v) is 8.14. The minimum absolute atomic E-state index is 0.00866. The van der Waals surface area contributed by atoms with Crippen LogP contribution in [0.25, 0.3) is 0 Å². The van der Waals surface area contributed by atoms with Crippen LogP contribution in [0.2, 0.25) is 0 Å². The monoisotopic (exact) mass is 407 g/mol. The number of rotatable bonds is 6. The maximum atomic E-state index is 13.1. The molecule has 2 aromatic rings. The molecule has 0 saturated carbocycles. The Balaban J connectivity index is 1.49. The third-order valence-electron chi connectivity index (χ3n) is 4.51. The van der Waals surface area contributed by atoms with Gasteiger partial charge in [0, 0.05) is 31.7 Å². The fourth-order valence-electron chi connectivity index (χ4n) is 3.00. The average Bonchev–Trinajstić information content (AvgIpc) is 2.67. The largest absolute Gasteiger partial charge is 0.371 e. The predicted molar refractivity (Wildman–Crippen MR) is 103 cm³/mol. The van der Waals surface area contributed by atoms with Crippen LogP contribution in [0.3, 0.4) is 0 Å². The molecule has 3 rings (SSSR count). The molecule has 1 fully saturated rings. The fraction of sp³-hybridized carbons (Fsp3) is 0.316. The van der Waals surface area contributed by atoms with Gasteiger partial charge >= 0.3 is 0 Å². The topological polar surface area (TPSA) is 102 Å². The van der Waals surface area contributed by atoms with E-state index >= 15 is 0 Å². The predicted octanol–water partition coefficient (Wildman–Crippen LogP) is 1.88. The van der Waals surface area contributed by atoms with Crippen molar-refractivity contribution in [1.29, 1.82) is 0 Å². The number of nitrogens with two attached hydrogens (primary N) is 1. The summed E-state index contributed by atoms with van der Waals surface area (Å²) in [6, 6.07) is 11.9. The van der Waals surface area contributed by atoms with Crippen LogP contribution in [-0.4, -0.2) is 45.5 Å². The lowest BCUT2D eigenvalue weighted by molar-refractivity contribution is -0.117. The zero-order valence-corrected chi connectivity index (χ0v) is 16.0. The summed E-state index contributed by atoms with van der Waals surface area (Å²) in [7, 11) is -3.76. The highest BCUT2D eigenvalue weighted by atomic mass is 32.2. The van der Waals surface area contributed by atoms with Crippen molar-refractivity contribution < 1.29 is 22.3 Å². The number of sulfonamides is 1. The molecule has 1 aliphatic heterocycles. The third kappa shape index (κ3) is 5.59. The molecule has 1 saturated heterocycles. The van der Waals surface area contributed by atoms with E-state index in [1.54, 1.807) is 12.1 Å². The van der Waals surface area contributed by atoms with E-state index in [1.165, 1.54) is 36.4 Å². The fourth-order valence-corrected chi connectivity index (χ4v) is 3.51. The number of hydrogen-bond donors (Lipinski definition) is 2. The number of hydrogen-bond acceptors (Lipinski definition) is 5. The number of primary sulfonamides is 1. The summed E-state index contributed by atoms with van der Waals surface area (Å²) in [5.41, 5.74) is 1.41. The quantitative estimate of drug-likeness (QED) is 0.761. The first-order valence-corrected chi connectivity index (χ1v) is 10.4. The van der Waals surface area contributed by atoms with Gasteiger partial charge in [0.1, 0.15) is 5.82 Å². The van der Waals surface area contributed by atoms with E-state index in [2.05, 4.69) is 10.2 Å². The number of anilines is 1. The van der Waals surface area contributed by atoms with Gasteiger partial charge in [-0.25, -0.2) is 17.9 Å². The van der Waals surface area contributed by atoms with Crippen LogP contribution in [0.5, 0.6) is 0 Å². The number of carbonyl (C=O) groups excluding carboxylic acids is 1. The molecule has 0 radical (unpaired) electrons. The number of carbonyl (C=O) groups is 1. The molecule has 0 aromatic heterocycles. The Morgan fingerprint density at radius 2 is 1.86 bits per heavy atom. The van der Waals surface area contributed by atoms with Crippen LogP contribution in [0, 0.1) is 5.82 Å². The van der Waals surface area contributed by atoms with Gasteiger partial charge in [0.05, 0.1) is 17.6 Å². The highest BCUT2D eigenvalue weighted by molar-refractivity contribution is 7.89. The number of amides is 1. The van der Waals surface area contributed by atoms with Crippen LogP contribution in [-0.2, 0) is 19.6 Å². The standard InChI is InChI=1S/C19H22FN3O4S/c20-15-3-1-14(2-4-15)18-13-23(11-12-27-18)10-9-19(24)22-16-5-7-17(8-6-16)28(21,25)26/h1-8,18H,9-13H2,(H,22,24)(H2,21,25,26). The van der Waals surface area contributed by atoms with Gasteiger partial charge in [-0.15, -0.1) is 0 Å². The van der Waals surface area contributed by atoms with E-state index in [0.29, 0.717) is 31.9 Å². The Hall–Kier alpha value is -2.33.